The van der Waals surface area contributed by atoms with E-state index in [0.717, 1.165) is 22.1 Å². The van der Waals surface area contributed by atoms with Gasteiger partial charge in [0.05, 0.1) is 11.7 Å². The predicted molar refractivity (Wildman–Crippen MR) is 77.6 cm³/mol. The van der Waals surface area contributed by atoms with E-state index in [4.69, 9.17) is 5.41 Å². The SMILES string of the molecule is N=c1c2c3c(sc2ncn1C1CCCC1)CCCC3. The molecule has 0 amide bonds. The summed E-state index contributed by atoms with van der Waals surface area (Å²) >= 11 is 1.82. The molecule has 2 aliphatic rings. The fourth-order valence-electron chi connectivity index (χ4n) is 3.65. The molecule has 0 radical (unpaired) electrons. The van der Waals surface area contributed by atoms with E-state index in [9.17, 15) is 0 Å². The Morgan fingerprint density at radius 3 is 2.79 bits per heavy atom. The summed E-state index contributed by atoms with van der Waals surface area (Å²) in [6.07, 6.45) is 11.9. The van der Waals surface area contributed by atoms with Crippen LogP contribution >= 0.6 is 11.3 Å². The largest absolute Gasteiger partial charge is 0.314 e. The van der Waals surface area contributed by atoms with Crippen molar-refractivity contribution in [3.63, 3.8) is 0 Å². The van der Waals surface area contributed by atoms with Crippen molar-refractivity contribution in [3.05, 3.63) is 22.3 Å². The van der Waals surface area contributed by atoms with E-state index in [-0.39, 0.29) is 0 Å². The zero-order valence-corrected chi connectivity index (χ0v) is 11.9. The Morgan fingerprint density at radius 1 is 1.16 bits per heavy atom. The van der Waals surface area contributed by atoms with Gasteiger partial charge in [-0.2, -0.15) is 0 Å². The number of rotatable bonds is 1. The first kappa shape index (κ1) is 11.6. The average molecular weight is 273 g/mol. The molecular weight excluding hydrogens is 254 g/mol. The fraction of sp³-hybridized carbons (Fsp3) is 0.600. The van der Waals surface area contributed by atoms with E-state index in [1.807, 2.05) is 17.7 Å². The van der Waals surface area contributed by atoms with Gasteiger partial charge in [0.1, 0.15) is 10.3 Å². The molecule has 2 heterocycles. The third-order valence-electron chi connectivity index (χ3n) is 4.67. The lowest BCUT2D eigenvalue weighted by Crippen LogP contribution is -2.24. The highest BCUT2D eigenvalue weighted by Crippen LogP contribution is 2.34. The van der Waals surface area contributed by atoms with Crippen molar-refractivity contribution in [2.24, 2.45) is 0 Å². The summed E-state index contributed by atoms with van der Waals surface area (Å²) < 4.78 is 2.14. The molecule has 2 aromatic rings. The summed E-state index contributed by atoms with van der Waals surface area (Å²) in [5, 5.41) is 9.75. The highest BCUT2D eigenvalue weighted by molar-refractivity contribution is 7.18. The molecule has 0 bridgehead atoms. The zero-order valence-electron chi connectivity index (χ0n) is 11.1. The molecule has 1 fully saturated rings. The van der Waals surface area contributed by atoms with Gasteiger partial charge >= 0.3 is 0 Å². The van der Waals surface area contributed by atoms with Crippen LogP contribution in [0.15, 0.2) is 6.33 Å². The normalized spacial score (nSPS) is 20.0. The monoisotopic (exact) mass is 273 g/mol. The number of nitrogens with zero attached hydrogens (tertiary/aromatic N) is 2. The quantitative estimate of drug-likeness (QED) is 0.848. The van der Waals surface area contributed by atoms with Gasteiger partial charge in [0.25, 0.3) is 0 Å². The third kappa shape index (κ3) is 1.76. The first-order valence-electron chi connectivity index (χ1n) is 7.40. The van der Waals surface area contributed by atoms with Crippen molar-refractivity contribution in [1.82, 2.24) is 9.55 Å². The number of hydrogen-bond acceptors (Lipinski definition) is 3. The molecule has 3 nitrogen and oxygen atoms in total. The van der Waals surface area contributed by atoms with Gasteiger partial charge in [0, 0.05) is 10.9 Å². The number of hydrogen-bond donors (Lipinski definition) is 1. The Labute approximate surface area is 116 Å². The van der Waals surface area contributed by atoms with Crippen molar-refractivity contribution in [2.75, 3.05) is 0 Å². The highest BCUT2D eigenvalue weighted by Gasteiger charge is 2.22. The predicted octanol–water partition coefficient (Wildman–Crippen LogP) is 3.57. The second-order valence-electron chi connectivity index (χ2n) is 5.83. The number of nitrogens with one attached hydrogen (secondary N) is 1. The molecule has 0 saturated heterocycles. The summed E-state index contributed by atoms with van der Waals surface area (Å²) in [5.74, 6) is 0. The van der Waals surface area contributed by atoms with Gasteiger partial charge in [-0.15, -0.1) is 11.3 Å². The van der Waals surface area contributed by atoms with Crippen LogP contribution in [-0.2, 0) is 12.8 Å². The lowest BCUT2D eigenvalue weighted by atomic mass is 9.97. The van der Waals surface area contributed by atoms with Crippen LogP contribution in [0.2, 0.25) is 0 Å². The van der Waals surface area contributed by atoms with E-state index in [2.05, 4.69) is 9.55 Å². The summed E-state index contributed by atoms with van der Waals surface area (Å²) in [6, 6.07) is 0.517. The van der Waals surface area contributed by atoms with Crippen LogP contribution in [-0.4, -0.2) is 9.55 Å². The first-order valence-corrected chi connectivity index (χ1v) is 8.22. The van der Waals surface area contributed by atoms with Crippen LogP contribution in [0, 0.1) is 5.41 Å². The van der Waals surface area contributed by atoms with Crippen LogP contribution < -0.4 is 5.49 Å². The lowest BCUT2D eigenvalue weighted by molar-refractivity contribution is 0.490. The van der Waals surface area contributed by atoms with Crippen LogP contribution in [0.5, 0.6) is 0 Å². The number of aromatic nitrogens is 2. The Bertz CT molecular complexity index is 676. The van der Waals surface area contributed by atoms with Gasteiger partial charge in [0.15, 0.2) is 0 Å². The topological polar surface area (TPSA) is 41.7 Å². The summed E-state index contributed by atoms with van der Waals surface area (Å²) in [5.41, 5.74) is 2.16. The van der Waals surface area contributed by atoms with E-state index in [0.29, 0.717) is 6.04 Å². The molecule has 1 saturated carbocycles. The Morgan fingerprint density at radius 2 is 1.95 bits per heavy atom. The van der Waals surface area contributed by atoms with Gasteiger partial charge in [-0.05, 0) is 44.1 Å². The Balaban J connectivity index is 1.93. The van der Waals surface area contributed by atoms with Gasteiger partial charge in [-0.25, -0.2) is 4.98 Å². The molecule has 19 heavy (non-hydrogen) atoms. The smallest absolute Gasteiger partial charge is 0.136 e. The highest BCUT2D eigenvalue weighted by atomic mass is 32.1. The molecule has 0 aliphatic heterocycles. The standard InChI is InChI=1S/C15H19N3S/c16-14-13-11-7-3-4-8-12(11)19-15(13)17-9-18(14)10-5-1-2-6-10/h9-10,16H,1-8H2. The summed E-state index contributed by atoms with van der Waals surface area (Å²) in [7, 11) is 0. The van der Waals surface area contributed by atoms with Crippen LogP contribution in [0.25, 0.3) is 10.2 Å². The fourth-order valence-corrected chi connectivity index (χ4v) is 4.88. The van der Waals surface area contributed by atoms with Crippen LogP contribution in [0.1, 0.15) is 55.0 Å². The molecule has 2 aliphatic carbocycles. The van der Waals surface area contributed by atoms with Crippen molar-refractivity contribution < 1.29 is 0 Å². The van der Waals surface area contributed by atoms with E-state index in [1.54, 1.807) is 0 Å². The van der Waals surface area contributed by atoms with E-state index >= 15 is 0 Å². The maximum Gasteiger partial charge on any atom is 0.136 e. The molecule has 100 valence electrons. The molecule has 0 atom stereocenters. The van der Waals surface area contributed by atoms with E-state index in [1.165, 1.54) is 55.4 Å². The van der Waals surface area contributed by atoms with E-state index < -0.39 is 0 Å². The number of aryl methyl sites for hydroxylation is 2. The average Bonchev–Trinajstić information content (AvgIpc) is 3.05. The second-order valence-corrected chi connectivity index (χ2v) is 6.91. The molecular formula is C15H19N3S. The molecule has 4 rings (SSSR count). The van der Waals surface area contributed by atoms with Crippen LogP contribution in [0.4, 0.5) is 0 Å². The summed E-state index contributed by atoms with van der Waals surface area (Å²) in [6.45, 7) is 0. The first-order chi connectivity index (χ1) is 9.34. The molecule has 1 N–H and O–H groups in total. The Kier molecular flexibility index (Phi) is 2.72. The van der Waals surface area contributed by atoms with Gasteiger partial charge < -0.3 is 4.57 Å². The number of thiophene rings is 1. The zero-order chi connectivity index (χ0) is 12.8. The summed E-state index contributed by atoms with van der Waals surface area (Å²) in [4.78, 5) is 7.23. The van der Waals surface area contributed by atoms with Crippen LogP contribution in [0.3, 0.4) is 0 Å². The second kappa shape index (κ2) is 4.44. The van der Waals surface area contributed by atoms with Crippen molar-refractivity contribution >= 4 is 21.6 Å². The third-order valence-corrected chi connectivity index (χ3v) is 5.87. The Hall–Kier alpha value is -1.16. The molecule has 2 aromatic heterocycles. The van der Waals surface area contributed by atoms with Gasteiger partial charge in [-0.1, -0.05) is 12.8 Å². The maximum absolute atomic E-state index is 8.59. The lowest BCUT2D eigenvalue weighted by Gasteiger charge is -2.15. The minimum Gasteiger partial charge on any atom is -0.314 e. The minimum absolute atomic E-state index is 0.517. The van der Waals surface area contributed by atoms with Gasteiger partial charge in [0.2, 0.25) is 0 Å². The van der Waals surface area contributed by atoms with Crippen molar-refractivity contribution in [1.29, 1.82) is 5.41 Å². The molecule has 0 aromatic carbocycles. The van der Waals surface area contributed by atoms with Crippen molar-refractivity contribution in [2.45, 2.75) is 57.4 Å². The van der Waals surface area contributed by atoms with Gasteiger partial charge in [-0.3, -0.25) is 5.41 Å². The number of fused-ring (bicyclic) bond motifs is 3. The van der Waals surface area contributed by atoms with Crippen molar-refractivity contribution in [3.8, 4) is 0 Å². The maximum atomic E-state index is 8.59. The molecule has 4 heteroatoms. The minimum atomic E-state index is 0.517. The molecule has 0 unspecified atom stereocenters. The molecule has 0 spiro atoms.